The third-order valence-electron chi connectivity index (χ3n) is 3.21. The van der Waals surface area contributed by atoms with E-state index in [1.807, 2.05) is 36.4 Å². The third kappa shape index (κ3) is 6.36. The lowest BCUT2D eigenvalue weighted by Crippen LogP contribution is -2.29. The second-order valence-corrected chi connectivity index (χ2v) is 5.14. The van der Waals surface area contributed by atoms with Crippen molar-refractivity contribution in [1.29, 1.82) is 5.26 Å². The Balaban J connectivity index is 1.84. The SMILES string of the molecule is N#CCCNC(=O)COC(=O)c1cccc(OCc2ccccc2)c1. The summed E-state index contributed by atoms with van der Waals surface area (Å²) in [7, 11) is 0. The monoisotopic (exact) mass is 338 g/mol. The Kier molecular flexibility index (Phi) is 7.01. The van der Waals surface area contributed by atoms with Gasteiger partial charge in [0.05, 0.1) is 18.1 Å². The van der Waals surface area contributed by atoms with Gasteiger partial charge in [0.2, 0.25) is 0 Å². The van der Waals surface area contributed by atoms with Crippen LogP contribution in [0.3, 0.4) is 0 Å². The van der Waals surface area contributed by atoms with Crippen LogP contribution in [-0.2, 0) is 16.1 Å². The zero-order valence-electron chi connectivity index (χ0n) is 13.6. The number of benzene rings is 2. The van der Waals surface area contributed by atoms with Crippen molar-refractivity contribution in [3.05, 3.63) is 65.7 Å². The van der Waals surface area contributed by atoms with Crippen molar-refractivity contribution >= 4 is 11.9 Å². The van der Waals surface area contributed by atoms with E-state index in [-0.39, 0.29) is 19.6 Å². The summed E-state index contributed by atoms with van der Waals surface area (Å²) in [5.74, 6) is -0.516. The summed E-state index contributed by atoms with van der Waals surface area (Å²) < 4.78 is 10.6. The fourth-order valence-corrected chi connectivity index (χ4v) is 1.98. The maximum absolute atomic E-state index is 12.0. The number of nitriles is 1. The predicted octanol–water partition coefficient (Wildman–Crippen LogP) is 2.45. The van der Waals surface area contributed by atoms with Crippen LogP contribution in [0.5, 0.6) is 5.75 Å². The zero-order chi connectivity index (χ0) is 17.9. The van der Waals surface area contributed by atoms with Crippen LogP contribution in [0, 0.1) is 11.3 Å². The summed E-state index contributed by atoms with van der Waals surface area (Å²) in [6, 6.07) is 18.2. The molecule has 0 atom stereocenters. The molecule has 0 heterocycles. The third-order valence-corrected chi connectivity index (χ3v) is 3.21. The van der Waals surface area contributed by atoms with E-state index in [4.69, 9.17) is 14.7 Å². The van der Waals surface area contributed by atoms with E-state index >= 15 is 0 Å². The fraction of sp³-hybridized carbons (Fsp3) is 0.211. The van der Waals surface area contributed by atoms with E-state index < -0.39 is 11.9 Å². The summed E-state index contributed by atoms with van der Waals surface area (Å²) in [5, 5.41) is 10.9. The van der Waals surface area contributed by atoms with Crippen molar-refractivity contribution in [2.24, 2.45) is 0 Å². The Hall–Kier alpha value is -3.33. The molecule has 1 N–H and O–H groups in total. The number of ether oxygens (including phenoxy) is 2. The number of hydrogen-bond donors (Lipinski definition) is 1. The van der Waals surface area contributed by atoms with E-state index in [1.54, 1.807) is 24.3 Å². The lowest BCUT2D eigenvalue weighted by atomic mass is 10.2. The van der Waals surface area contributed by atoms with E-state index in [0.717, 1.165) is 5.56 Å². The molecule has 1 amide bonds. The molecule has 0 aromatic heterocycles. The number of hydrogen-bond acceptors (Lipinski definition) is 5. The van der Waals surface area contributed by atoms with Crippen LogP contribution in [0.2, 0.25) is 0 Å². The topological polar surface area (TPSA) is 88.4 Å². The van der Waals surface area contributed by atoms with Crippen molar-refractivity contribution in [2.45, 2.75) is 13.0 Å². The van der Waals surface area contributed by atoms with Gasteiger partial charge >= 0.3 is 5.97 Å². The van der Waals surface area contributed by atoms with Crippen molar-refractivity contribution in [3.8, 4) is 11.8 Å². The fourth-order valence-electron chi connectivity index (χ4n) is 1.98. The van der Waals surface area contributed by atoms with E-state index in [1.165, 1.54) is 0 Å². The molecule has 2 rings (SSSR count). The van der Waals surface area contributed by atoms with Crippen LogP contribution in [0.15, 0.2) is 54.6 Å². The maximum Gasteiger partial charge on any atom is 0.338 e. The van der Waals surface area contributed by atoms with Crippen LogP contribution >= 0.6 is 0 Å². The van der Waals surface area contributed by atoms with Gasteiger partial charge in [0.1, 0.15) is 12.4 Å². The number of nitrogens with one attached hydrogen (secondary N) is 1. The van der Waals surface area contributed by atoms with E-state index in [2.05, 4.69) is 5.32 Å². The summed E-state index contributed by atoms with van der Waals surface area (Å²) in [6.07, 6.45) is 0.209. The van der Waals surface area contributed by atoms with Crippen LogP contribution in [-0.4, -0.2) is 25.0 Å². The van der Waals surface area contributed by atoms with Crippen LogP contribution in [0.4, 0.5) is 0 Å². The van der Waals surface area contributed by atoms with Crippen molar-refractivity contribution in [3.63, 3.8) is 0 Å². The lowest BCUT2D eigenvalue weighted by Gasteiger charge is -2.08. The molecule has 0 fully saturated rings. The molecule has 0 saturated heterocycles. The normalized spacial score (nSPS) is 9.72. The number of carbonyl (C=O) groups excluding carboxylic acids is 2. The molecule has 128 valence electrons. The molecule has 0 bridgehead atoms. The first kappa shape index (κ1) is 18.0. The molecule has 0 unspecified atom stereocenters. The standard InChI is InChI=1S/C19H18N2O4/c20-10-5-11-21-18(22)14-25-19(23)16-8-4-9-17(12-16)24-13-15-6-2-1-3-7-15/h1-4,6-9,12H,5,11,13-14H2,(H,21,22). The largest absolute Gasteiger partial charge is 0.489 e. The Bertz CT molecular complexity index is 754. The zero-order valence-corrected chi connectivity index (χ0v) is 13.6. The molecule has 0 saturated carbocycles. The van der Waals surface area contributed by atoms with Gasteiger partial charge < -0.3 is 14.8 Å². The first-order chi connectivity index (χ1) is 12.2. The molecule has 0 aliphatic heterocycles. The summed E-state index contributed by atoms with van der Waals surface area (Å²) in [6.45, 7) is 0.232. The van der Waals surface area contributed by atoms with Crippen molar-refractivity contribution in [1.82, 2.24) is 5.32 Å². The average Bonchev–Trinajstić information content (AvgIpc) is 2.66. The maximum atomic E-state index is 12.0. The molecular formula is C19H18N2O4. The summed E-state index contributed by atoms with van der Waals surface area (Å²) in [4.78, 5) is 23.5. The average molecular weight is 338 g/mol. The Morgan fingerprint density at radius 2 is 1.88 bits per heavy atom. The Morgan fingerprint density at radius 3 is 2.64 bits per heavy atom. The smallest absolute Gasteiger partial charge is 0.338 e. The molecule has 0 aliphatic carbocycles. The first-order valence-corrected chi connectivity index (χ1v) is 7.76. The number of rotatable bonds is 8. The molecule has 25 heavy (non-hydrogen) atoms. The predicted molar refractivity (Wildman–Crippen MR) is 90.7 cm³/mol. The van der Waals surface area contributed by atoms with Crippen LogP contribution in [0.1, 0.15) is 22.3 Å². The minimum atomic E-state index is -0.611. The number of amides is 1. The highest BCUT2D eigenvalue weighted by molar-refractivity contribution is 5.91. The quantitative estimate of drug-likeness (QED) is 0.590. The van der Waals surface area contributed by atoms with Crippen molar-refractivity contribution in [2.75, 3.05) is 13.2 Å². The summed E-state index contributed by atoms with van der Waals surface area (Å²) in [5.41, 5.74) is 1.32. The molecule has 6 heteroatoms. The minimum absolute atomic E-state index is 0.209. The second-order valence-electron chi connectivity index (χ2n) is 5.14. The van der Waals surface area contributed by atoms with E-state index in [0.29, 0.717) is 17.9 Å². The van der Waals surface area contributed by atoms with Gasteiger partial charge in [-0.1, -0.05) is 36.4 Å². The van der Waals surface area contributed by atoms with Gasteiger partial charge in [-0.25, -0.2) is 4.79 Å². The Labute approximate surface area is 146 Å². The highest BCUT2D eigenvalue weighted by Crippen LogP contribution is 2.16. The van der Waals surface area contributed by atoms with Crippen LogP contribution < -0.4 is 10.1 Å². The molecule has 0 spiro atoms. The molecule has 6 nitrogen and oxygen atoms in total. The van der Waals surface area contributed by atoms with Gasteiger partial charge in [0, 0.05) is 6.54 Å². The van der Waals surface area contributed by atoms with Gasteiger partial charge in [-0.2, -0.15) is 5.26 Å². The Morgan fingerprint density at radius 1 is 1.08 bits per heavy atom. The number of carbonyl (C=O) groups is 2. The molecule has 2 aromatic rings. The van der Waals surface area contributed by atoms with Gasteiger partial charge in [-0.15, -0.1) is 0 Å². The first-order valence-electron chi connectivity index (χ1n) is 7.76. The molecule has 0 aliphatic rings. The van der Waals surface area contributed by atoms with Gasteiger partial charge in [-0.05, 0) is 23.8 Å². The highest BCUT2D eigenvalue weighted by Gasteiger charge is 2.11. The lowest BCUT2D eigenvalue weighted by molar-refractivity contribution is -0.124. The van der Waals surface area contributed by atoms with Crippen molar-refractivity contribution < 1.29 is 19.1 Å². The van der Waals surface area contributed by atoms with Gasteiger partial charge in [0.15, 0.2) is 6.61 Å². The van der Waals surface area contributed by atoms with Gasteiger partial charge in [0.25, 0.3) is 5.91 Å². The highest BCUT2D eigenvalue weighted by atomic mass is 16.5. The second kappa shape index (κ2) is 9.73. The van der Waals surface area contributed by atoms with E-state index in [9.17, 15) is 9.59 Å². The number of esters is 1. The minimum Gasteiger partial charge on any atom is -0.489 e. The van der Waals surface area contributed by atoms with Gasteiger partial charge in [-0.3, -0.25) is 4.79 Å². The molecular weight excluding hydrogens is 320 g/mol. The molecule has 0 radical (unpaired) electrons. The number of nitrogens with zero attached hydrogens (tertiary/aromatic N) is 1. The summed E-state index contributed by atoms with van der Waals surface area (Å²) >= 11 is 0. The van der Waals surface area contributed by atoms with Crippen LogP contribution in [0.25, 0.3) is 0 Å². The molecule has 2 aromatic carbocycles.